The Morgan fingerprint density at radius 3 is 2.67 bits per heavy atom. The Balaban J connectivity index is 0.00000288. The van der Waals surface area contributed by atoms with E-state index in [1.165, 1.54) is 5.56 Å². The number of pyridine rings is 1. The van der Waals surface area contributed by atoms with Crippen molar-refractivity contribution in [3.63, 3.8) is 0 Å². The maximum absolute atomic E-state index is 4.61. The summed E-state index contributed by atoms with van der Waals surface area (Å²) in [4.78, 5) is 11.2. The number of rotatable bonds is 6. The molecule has 2 rings (SSSR count). The van der Waals surface area contributed by atoms with Crippen LogP contribution in [-0.4, -0.2) is 36.2 Å². The van der Waals surface area contributed by atoms with Crippen LogP contribution in [0.3, 0.4) is 0 Å². The summed E-state index contributed by atoms with van der Waals surface area (Å²) < 4.78 is 2.03. The molecule has 0 aromatic carbocycles. The summed E-state index contributed by atoms with van der Waals surface area (Å²) in [6.07, 6.45) is 4.11. The van der Waals surface area contributed by atoms with Crippen LogP contribution in [0.15, 0.2) is 41.7 Å². The molecule has 0 saturated carbocycles. The second-order valence-corrected chi connectivity index (χ2v) is 5.62. The first-order chi connectivity index (χ1) is 11.1. The lowest BCUT2D eigenvalue weighted by Crippen LogP contribution is -2.37. The predicted octanol–water partition coefficient (Wildman–Crippen LogP) is 2.36. The molecule has 2 N–H and O–H groups in total. The van der Waals surface area contributed by atoms with Gasteiger partial charge in [0.1, 0.15) is 5.82 Å². The molecular formula is C17H27IN6. The van der Waals surface area contributed by atoms with E-state index in [1.807, 2.05) is 55.0 Å². The Hall–Kier alpha value is -1.77. The molecule has 0 atom stereocenters. The number of nitrogens with zero attached hydrogens (tertiary/aromatic N) is 4. The van der Waals surface area contributed by atoms with Crippen molar-refractivity contribution in [2.45, 2.75) is 20.0 Å². The second-order valence-electron chi connectivity index (χ2n) is 5.62. The molecule has 0 bridgehead atoms. The first-order valence-electron chi connectivity index (χ1n) is 7.84. The van der Waals surface area contributed by atoms with E-state index in [4.69, 9.17) is 0 Å². The zero-order valence-electron chi connectivity index (χ0n) is 14.8. The summed E-state index contributed by atoms with van der Waals surface area (Å²) in [5.74, 6) is 1.75. The van der Waals surface area contributed by atoms with Crippen LogP contribution in [0.25, 0.3) is 0 Å². The molecule has 2 heterocycles. The van der Waals surface area contributed by atoms with Gasteiger partial charge < -0.3 is 20.1 Å². The Bertz CT molecular complexity index is 650. The molecule has 6 nitrogen and oxygen atoms in total. The van der Waals surface area contributed by atoms with E-state index in [0.29, 0.717) is 13.1 Å². The number of aryl methyl sites for hydroxylation is 1. The van der Waals surface area contributed by atoms with Crippen molar-refractivity contribution in [3.8, 4) is 0 Å². The normalized spacial score (nSPS) is 10.9. The van der Waals surface area contributed by atoms with Gasteiger partial charge in [0.25, 0.3) is 0 Å². The average Bonchev–Trinajstić information content (AvgIpc) is 2.96. The number of nitrogens with one attached hydrogen (secondary N) is 2. The Morgan fingerprint density at radius 2 is 2.04 bits per heavy atom. The average molecular weight is 442 g/mol. The zero-order valence-corrected chi connectivity index (χ0v) is 17.1. The second kappa shape index (κ2) is 10.2. The van der Waals surface area contributed by atoms with Gasteiger partial charge >= 0.3 is 0 Å². The summed E-state index contributed by atoms with van der Waals surface area (Å²) in [6.45, 7) is 4.18. The molecule has 0 spiro atoms. The molecule has 0 saturated heterocycles. The Labute approximate surface area is 161 Å². The first kappa shape index (κ1) is 20.3. The monoisotopic (exact) mass is 442 g/mol. The third-order valence-corrected chi connectivity index (χ3v) is 3.34. The maximum atomic E-state index is 4.61. The molecule has 24 heavy (non-hydrogen) atoms. The van der Waals surface area contributed by atoms with E-state index >= 15 is 0 Å². The van der Waals surface area contributed by atoms with Crippen LogP contribution in [0.1, 0.15) is 18.2 Å². The van der Waals surface area contributed by atoms with Gasteiger partial charge in [-0.25, -0.2) is 9.98 Å². The summed E-state index contributed by atoms with van der Waals surface area (Å²) in [7, 11) is 6.00. The molecule has 2 aromatic rings. The highest BCUT2D eigenvalue weighted by Crippen LogP contribution is 2.07. The minimum Gasteiger partial charge on any atom is -0.363 e. The van der Waals surface area contributed by atoms with E-state index in [-0.39, 0.29) is 24.0 Å². The van der Waals surface area contributed by atoms with Gasteiger partial charge in [-0.15, -0.1) is 24.0 Å². The lowest BCUT2D eigenvalue weighted by molar-refractivity contribution is 0.797. The van der Waals surface area contributed by atoms with Crippen molar-refractivity contribution in [1.29, 1.82) is 0 Å². The fraction of sp³-hybridized carbons (Fsp3) is 0.412. The molecule has 0 aliphatic heterocycles. The predicted molar refractivity (Wildman–Crippen MR) is 111 cm³/mol. The first-order valence-corrected chi connectivity index (χ1v) is 7.84. The minimum atomic E-state index is 0. The molecular weight excluding hydrogens is 415 g/mol. The molecule has 0 unspecified atom stereocenters. The largest absolute Gasteiger partial charge is 0.363 e. The Kier molecular flexibility index (Phi) is 8.59. The number of hydrogen-bond donors (Lipinski definition) is 2. The van der Waals surface area contributed by atoms with Gasteiger partial charge in [-0.1, -0.05) is 6.07 Å². The van der Waals surface area contributed by atoms with E-state index in [2.05, 4.69) is 39.8 Å². The number of hydrogen-bond acceptors (Lipinski definition) is 3. The van der Waals surface area contributed by atoms with Crippen molar-refractivity contribution in [3.05, 3.63) is 47.9 Å². The third kappa shape index (κ3) is 6.38. The van der Waals surface area contributed by atoms with Gasteiger partial charge in [0.05, 0.1) is 18.8 Å². The zero-order chi connectivity index (χ0) is 16.7. The van der Waals surface area contributed by atoms with Gasteiger partial charge in [-0.05, 0) is 30.7 Å². The van der Waals surface area contributed by atoms with Gasteiger partial charge in [0.2, 0.25) is 0 Å². The SMILES string of the molecule is CCNC(=NCc1ccn(C)c1)NCc1cccc(N(C)C)n1.I. The smallest absolute Gasteiger partial charge is 0.191 e. The number of halogens is 1. The minimum absolute atomic E-state index is 0. The van der Waals surface area contributed by atoms with E-state index < -0.39 is 0 Å². The summed E-state index contributed by atoms with van der Waals surface area (Å²) in [6, 6.07) is 8.11. The molecule has 0 aliphatic rings. The topological polar surface area (TPSA) is 57.5 Å². The maximum Gasteiger partial charge on any atom is 0.191 e. The highest BCUT2D eigenvalue weighted by Gasteiger charge is 2.02. The van der Waals surface area contributed by atoms with Crippen molar-refractivity contribution in [2.24, 2.45) is 12.0 Å². The van der Waals surface area contributed by atoms with Gasteiger partial charge in [-0.3, -0.25) is 0 Å². The van der Waals surface area contributed by atoms with Crippen LogP contribution >= 0.6 is 24.0 Å². The number of anilines is 1. The summed E-state index contributed by atoms with van der Waals surface area (Å²) in [5.41, 5.74) is 2.18. The van der Waals surface area contributed by atoms with Crippen molar-refractivity contribution in [2.75, 3.05) is 25.5 Å². The molecule has 2 aromatic heterocycles. The van der Waals surface area contributed by atoms with Crippen LogP contribution < -0.4 is 15.5 Å². The molecule has 0 amide bonds. The van der Waals surface area contributed by atoms with Crippen molar-refractivity contribution in [1.82, 2.24) is 20.2 Å². The summed E-state index contributed by atoms with van der Waals surface area (Å²) in [5, 5.41) is 6.59. The van der Waals surface area contributed by atoms with Crippen LogP contribution in [0, 0.1) is 0 Å². The lowest BCUT2D eigenvalue weighted by Gasteiger charge is -2.14. The molecule has 0 fully saturated rings. The number of aliphatic imine (C=N–C) groups is 1. The number of aromatic nitrogens is 2. The molecule has 0 aliphatic carbocycles. The Morgan fingerprint density at radius 1 is 1.25 bits per heavy atom. The number of guanidine groups is 1. The molecule has 0 radical (unpaired) electrons. The van der Waals surface area contributed by atoms with Gasteiger partial charge in [-0.2, -0.15) is 0 Å². The van der Waals surface area contributed by atoms with E-state index in [0.717, 1.165) is 24.0 Å². The third-order valence-electron chi connectivity index (χ3n) is 3.34. The van der Waals surface area contributed by atoms with Crippen LogP contribution in [0.4, 0.5) is 5.82 Å². The van der Waals surface area contributed by atoms with Crippen LogP contribution in [-0.2, 0) is 20.1 Å². The van der Waals surface area contributed by atoms with Crippen molar-refractivity contribution >= 4 is 35.8 Å². The van der Waals surface area contributed by atoms with Gasteiger partial charge in [0, 0.05) is 40.1 Å². The summed E-state index contributed by atoms with van der Waals surface area (Å²) >= 11 is 0. The van der Waals surface area contributed by atoms with Gasteiger partial charge in [0.15, 0.2) is 5.96 Å². The van der Waals surface area contributed by atoms with Crippen LogP contribution in [0.5, 0.6) is 0 Å². The fourth-order valence-corrected chi connectivity index (χ4v) is 2.16. The molecule has 7 heteroatoms. The quantitative estimate of drug-likeness (QED) is 0.410. The van der Waals surface area contributed by atoms with E-state index in [1.54, 1.807) is 0 Å². The highest BCUT2D eigenvalue weighted by atomic mass is 127. The fourth-order valence-electron chi connectivity index (χ4n) is 2.16. The van der Waals surface area contributed by atoms with Crippen LogP contribution in [0.2, 0.25) is 0 Å². The lowest BCUT2D eigenvalue weighted by atomic mass is 10.3. The molecule has 132 valence electrons. The van der Waals surface area contributed by atoms with E-state index in [9.17, 15) is 0 Å². The van der Waals surface area contributed by atoms with Crippen molar-refractivity contribution < 1.29 is 0 Å². The standard InChI is InChI=1S/C17H26N6.HI/c1-5-18-17(19-11-14-9-10-23(4)13-14)20-12-15-7-6-8-16(21-15)22(2)3;/h6-10,13H,5,11-12H2,1-4H3,(H2,18,19,20);1H. The highest BCUT2D eigenvalue weighted by molar-refractivity contribution is 14.0.